The second kappa shape index (κ2) is 4.04. The minimum atomic E-state index is -0.391. The fraction of sp³-hybridized carbons (Fsp3) is 1.00. The first-order valence-electron chi connectivity index (χ1n) is 4.23. The van der Waals surface area contributed by atoms with Gasteiger partial charge in [-0.2, -0.15) is 0 Å². The quantitative estimate of drug-likeness (QED) is 0.601. The van der Waals surface area contributed by atoms with Crippen molar-refractivity contribution < 1.29 is 9.84 Å². The van der Waals surface area contributed by atoms with E-state index >= 15 is 0 Å². The molecule has 3 nitrogen and oxygen atoms in total. The maximum atomic E-state index is 9.21. The van der Waals surface area contributed by atoms with Gasteiger partial charge in [0, 0.05) is 19.3 Å². The van der Waals surface area contributed by atoms with E-state index in [0.717, 1.165) is 26.1 Å². The third-order valence-electron chi connectivity index (χ3n) is 2.37. The minimum absolute atomic E-state index is 0.0705. The van der Waals surface area contributed by atoms with E-state index in [9.17, 15) is 5.11 Å². The van der Waals surface area contributed by atoms with Crippen molar-refractivity contribution in [1.82, 2.24) is 0 Å². The predicted molar refractivity (Wildman–Crippen MR) is 43.2 cm³/mol. The summed E-state index contributed by atoms with van der Waals surface area (Å²) in [5, 5.41) is 9.21. The molecule has 66 valence electrons. The molecule has 0 amide bonds. The SMILES string of the molecule is CC(O)C(N)C1CCOCC1. The van der Waals surface area contributed by atoms with Crippen molar-refractivity contribution >= 4 is 0 Å². The molecule has 2 unspecified atom stereocenters. The first-order chi connectivity index (χ1) is 5.22. The zero-order valence-corrected chi connectivity index (χ0v) is 6.99. The lowest BCUT2D eigenvalue weighted by Crippen LogP contribution is -2.42. The van der Waals surface area contributed by atoms with Crippen LogP contribution in [-0.4, -0.2) is 30.5 Å². The molecule has 0 radical (unpaired) electrons. The van der Waals surface area contributed by atoms with Gasteiger partial charge in [-0.05, 0) is 25.7 Å². The van der Waals surface area contributed by atoms with Gasteiger partial charge in [0.25, 0.3) is 0 Å². The third kappa shape index (κ3) is 2.43. The van der Waals surface area contributed by atoms with Crippen LogP contribution in [0.2, 0.25) is 0 Å². The van der Waals surface area contributed by atoms with Gasteiger partial charge >= 0.3 is 0 Å². The number of aliphatic hydroxyl groups is 1. The summed E-state index contributed by atoms with van der Waals surface area (Å²) < 4.78 is 5.19. The van der Waals surface area contributed by atoms with Crippen LogP contribution in [-0.2, 0) is 4.74 Å². The minimum Gasteiger partial charge on any atom is -0.392 e. The number of aliphatic hydroxyl groups excluding tert-OH is 1. The summed E-state index contributed by atoms with van der Waals surface area (Å²) in [7, 11) is 0. The molecule has 0 bridgehead atoms. The Hall–Kier alpha value is -0.120. The normalized spacial score (nSPS) is 26.5. The maximum Gasteiger partial charge on any atom is 0.0665 e. The molecule has 3 heteroatoms. The Balaban J connectivity index is 2.32. The lowest BCUT2D eigenvalue weighted by molar-refractivity contribution is 0.0356. The molecule has 0 aliphatic carbocycles. The van der Waals surface area contributed by atoms with E-state index in [-0.39, 0.29) is 6.04 Å². The van der Waals surface area contributed by atoms with Crippen LogP contribution in [0.1, 0.15) is 19.8 Å². The molecule has 1 aliphatic rings. The van der Waals surface area contributed by atoms with Gasteiger partial charge in [0.05, 0.1) is 6.10 Å². The fourth-order valence-corrected chi connectivity index (χ4v) is 1.49. The van der Waals surface area contributed by atoms with E-state index in [1.165, 1.54) is 0 Å². The molecule has 1 saturated heterocycles. The zero-order chi connectivity index (χ0) is 8.27. The van der Waals surface area contributed by atoms with Crippen LogP contribution in [0, 0.1) is 5.92 Å². The molecule has 0 spiro atoms. The highest BCUT2D eigenvalue weighted by Crippen LogP contribution is 2.19. The van der Waals surface area contributed by atoms with Crippen LogP contribution >= 0.6 is 0 Å². The topological polar surface area (TPSA) is 55.5 Å². The fourth-order valence-electron chi connectivity index (χ4n) is 1.49. The van der Waals surface area contributed by atoms with E-state index in [1.807, 2.05) is 0 Å². The molecule has 0 aromatic heterocycles. The second-order valence-electron chi connectivity index (χ2n) is 3.27. The summed E-state index contributed by atoms with van der Waals surface area (Å²) in [5.41, 5.74) is 5.79. The summed E-state index contributed by atoms with van der Waals surface area (Å²) in [6, 6.07) is -0.0705. The molecule has 0 saturated carbocycles. The molecule has 0 aromatic carbocycles. The standard InChI is InChI=1S/C8H17NO2/c1-6(10)8(9)7-2-4-11-5-3-7/h6-8,10H,2-5,9H2,1H3. The van der Waals surface area contributed by atoms with Crippen molar-refractivity contribution in [3.8, 4) is 0 Å². The van der Waals surface area contributed by atoms with E-state index in [0.29, 0.717) is 5.92 Å². The Morgan fingerprint density at radius 1 is 1.45 bits per heavy atom. The van der Waals surface area contributed by atoms with Crippen molar-refractivity contribution in [2.45, 2.75) is 31.9 Å². The third-order valence-corrected chi connectivity index (χ3v) is 2.37. The van der Waals surface area contributed by atoms with Gasteiger partial charge in [-0.15, -0.1) is 0 Å². The Labute approximate surface area is 67.5 Å². The van der Waals surface area contributed by atoms with Crippen molar-refractivity contribution in [1.29, 1.82) is 0 Å². The van der Waals surface area contributed by atoms with Crippen LogP contribution in [0.5, 0.6) is 0 Å². The largest absolute Gasteiger partial charge is 0.392 e. The molecular weight excluding hydrogens is 142 g/mol. The Kier molecular flexibility index (Phi) is 3.30. The number of ether oxygens (including phenoxy) is 1. The van der Waals surface area contributed by atoms with Crippen LogP contribution in [0.25, 0.3) is 0 Å². The summed E-state index contributed by atoms with van der Waals surface area (Å²) >= 11 is 0. The highest BCUT2D eigenvalue weighted by molar-refractivity contribution is 4.78. The van der Waals surface area contributed by atoms with Gasteiger partial charge < -0.3 is 15.6 Å². The first-order valence-corrected chi connectivity index (χ1v) is 4.23. The lowest BCUT2D eigenvalue weighted by Gasteiger charge is -2.29. The van der Waals surface area contributed by atoms with Crippen molar-refractivity contribution in [3.63, 3.8) is 0 Å². The van der Waals surface area contributed by atoms with E-state index in [1.54, 1.807) is 6.92 Å². The van der Waals surface area contributed by atoms with Gasteiger partial charge in [0.2, 0.25) is 0 Å². The average molecular weight is 159 g/mol. The molecule has 1 heterocycles. The smallest absolute Gasteiger partial charge is 0.0665 e. The van der Waals surface area contributed by atoms with Crippen molar-refractivity contribution in [2.24, 2.45) is 11.7 Å². The highest BCUT2D eigenvalue weighted by Gasteiger charge is 2.23. The summed E-state index contributed by atoms with van der Waals surface area (Å²) in [6.07, 6.45) is 1.59. The summed E-state index contributed by atoms with van der Waals surface area (Å²) in [6.45, 7) is 3.34. The molecule has 11 heavy (non-hydrogen) atoms. The molecule has 0 aromatic rings. The number of hydrogen-bond acceptors (Lipinski definition) is 3. The Morgan fingerprint density at radius 2 is 2.00 bits per heavy atom. The highest BCUT2D eigenvalue weighted by atomic mass is 16.5. The van der Waals surface area contributed by atoms with Gasteiger partial charge in [0.15, 0.2) is 0 Å². The Morgan fingerprint density at radius 3 is 2.45 bits per heavy atom. The molecule has 2 atom stereocenters. The van der Waals surface area contributed by atoms with Crippen LogP contribution in [0.15, 0.2) is 0 Å². The molecule has 1 aliphatic heterocycles. The van der Waals surface area contributed by atoms with Gasteiger partial charge in [-0.1, -0.05) is 0 Å². The van der Waals surface area contributed by atoms with Crippen LogP contribution in [0.3, 0.4) is 0 Å². The van der Waals surface area contributed by atoms with E-state index in [2.05, 4.69) is 0 Å². The van der Waals surface area contributed by atoms with Crippen LogP contribution in [0.4, 0.5) is 0 Å². The van der Waals surface area contributed by atoms with Gasteiger partial charge in [0.1, 0.15) is 0 Å². The number of rotatable bonds is 2. The van der Waals surface area contributed by atoms with E-state index < -0.39 is 6.10 Å². The van der Waals surface area contributed by atoms with E-state index in [4.69, 9.17) is 10.5 Å². The second-order valence-corrected chi connectivity index (χ2v) is 3.27. The molecular formula is C8H17NO2. The monoisotopic (exact) mass is 159 g/mol. The number of nitrogens with two attached hydrogens (primary N) is 1. The Bertz CT molecular complexity index is 111. The van der Waals surface area contributed by atoms with Crippen molar-refractivity contribution in [3.05, 3.63) is 0 Å². The van der Waals surface area contributed by atoms with Gasteiger partial charge in [-0.25, -0.2) is 0 Å². The molecule has 1 rings (SSSR count). The summed E-state index contributed by atoms with van der Waals surface area (Å²) in [4.78, 5) is 0. The van der Waals surface area contributed by atoms with Crippen molar-refractivity contribution in [2.75, 3.05) is 13.2 Å². The average Bonchev–Trinajstić information content (AvgIpc) is 2.05. The van der Waals surface area contributed by atoms with Crippen LogP contribution < -0.4 is 5.73 Å². The maximum absolute atomic E-state index is 9.21. The molecule has 1 fully saturated rings. The van der Waals surface area contributed by atoms with Gasteiger partial charge in [-0.3, -0.25) is 0 Å². The molecule has 3 N–H and O–H groups in total. The zero-order valence-electron chi connectivity index (χ0n) is 6.99. The number of hydrogen-bond donors (Lipinski definition) is 2. The first kappa shape index (κ1) is 8.97. The summed E-state index contributed by atoms with van der Waals surface area (Å²) in [5.74, 6) is 0.448. The predicted octanol–water partition coefficient (Wildman–Crippen LogP) is 0.121. The lowest BCUT2D eigenvalue weighted by atomic mass is 9.89.